The number of likely N-dealkylation sites (N-methyl/N-ethyl adjacent to an activating group) is 2. The molecule has 0 bridgehead atoms. The van der Waals surface area contributed by atoms with E-state index < -0.39 is 28.0 Å². The number of anilines is 2. The molecule has 0 spiro atoms. The van der Waals surface area contributed by atoms with Crippen molar-refractivity contribution in [1.82, 2.24) is 19.3 Å². The number of fused-ring (bicyclic) bond motifs is 1. The van der Waals surface area contributed by atoms with Crippen molar-refractivity contribution in [2.75, 3.05) is 57.0 Å². The summed E-state index contributed by atoms with van der Waals surface area (Å²) < 4.78 is 59.9. The van der Waals surface area contributed by atoms with E-state index in [1.807, 2.05) is 20.8 Å². The minimum absolute atomic E-state index is 0.0185. The molecule has 13 nitrogen and oxygen atoms in total. The summed E-state index contributed by atoms with van der Waals surface area (Å²) in [5.74, 6) is -0.258. The Morgan fingerprint density at radius 2 is 1.77 bits per heavy atom. The van der Waals surface area contributed by atoms with Gasteiger partial charge in [-0.1, -0.05) is 25.9 Å². The summed E-state index contributed by atoms with van der Waals surface area (Å²) in [5, 5.41) is 9.48. The first kappa shape index (κ1) is 41.7. The van der Waals surface area contributed by atoms with E-state index in [2.05, 4.69) is 34.5 Å². The third-order valence-electron chi connectivity index (χ3n) is 9.69. The van der Waals surface area contributed by atoms with Crippen LogP contribution in [0.1, 0.15) is 75.7 Å². The number of carbonyl (C=O) groups excluding carboxylic acids is 2. The minimum Gasteiger partial charge on any atom is -0.490 e. The first-order valence-corrected chi connectivity index (χ1v) is 19.8. The van der Waals surface area contributed by atoms with E-state index in [1.165, 1.54) is 23.5 Å². The van der Waals surface area contributed by atoms with Crippen LogP contribution < -0.4 is 15.4 Å². The number of urea groups is 1. The normalized spacial score (nSPS) is 19.7. The molecule has 2 heterocycles. The lowest BCUT2D eigenvalue weighted by Gasteiger charge is -2.37. The van der Waals surface area contributed by atoms with Gasteiger partial charge in [-0.25, -0.2) is 17.6 Å². The highest BCUT2D eigenvalue weighted by molar-refractivity contribution is 7.89. The first-order chi connectivity index (χ1) is 25.1. The summed E-state index contributed by atoms with van der Waals surface area (Å²) in [6, 6.07) is 8.99. The Hall–Kier alpha value is -4.05. The molecule has 1 aliphatic heterocycles. The number of halogens is 1. The highest BCUT2D eigenvalue weighted by atomic mass is 32.2. The molecule has 3 amide bonds. The largest absolute Gasteiger partial charge is 0.490 e. The molecule has 2 aromatic carbocycles. The predicted molar refractivity (Wildman–Crippen MR) is 202 cm³/mol. The van der Waals surface area contributed by atoms with Crippen LogP contribution in [0.25, 0.3) is 0 Å². The fourth-order valence-electron chi connectivity index (χ4n) is 6.39. The number of amides is 3. The average molecular weight is 759 g/mol. The molecule has 53 heavy (non-hydrogen) atoms. The molecule has 1 aromatic heterocycles. The second kappa shape index (κ2) is 18.8. The first-order valence-electron chi connectivity index (χ1n) is 18.3. The Morgan fingerprint density at radius 3 is 2.42 bits per heavy atom. The summed E-state index contributed by atoms with van der Waals surface area (Å²) in [7, 11) is -2.47. The lowest BCUT2D eigenvalue weighted by molar-refractivity contribution is -0.00727. The Morgan fingerprint density at radius 1 is 1.08 bits per heavy atom. The smallest absolute Gasteiger partial charge is 0.323 e. The molecule has 292 valence electrons. The molecule has 0 aliphatic carbocycles. The van der Waals surface area contributed by atoms with Gasteiger partial charge in [0.1, 0.15) is 22.9 Å². The highest BCUT2D eigenvalue weighted by Gasteiger charge is 2.33. The lowest BCUT2D eigenvalue weighted by Crippen LogP contribution is -2.50. The Bertz CT molecular complexity index is 1760. The second-order valence-corrected chi connectivity index (χ2v) is 15.9. The molecule has 3 aromatic rings. The zero-order valence-corrected chi connectivity index (χ0v) is 33.0. The van der Waals surface area contributed by atoms with Crippen LogP contribution in [0, 0.1) is 25.6 Å². The van der Waals surface area contributed by atoms with Gasteiger partial charge in [-0.15, -0.1) is 0 Å². The van der Waals surface area contributed by atoms with Crippen molar-refractivity contribution in [1.29, 1.82) is 0 Å². The van der Waals surface area contributed by atoms with Crippen LogP contribution in [0.2, 0.25) is 0 Å². The third kappa shape index (κ3) is 11.0. The topological polar surface area (TPSA) is 147 Å². The maximum atomic E-state index is 14.8. The number of aryl methyl sites for hydroxylation is 2. The molecule has 4 atom stereocenters. The zero-order chi connectivity index (χ0) is 38.9. The van der Waals surface area contributed by atoms with Gasteiger partial charge >= 0.3 is 6.03 Å². The van der Waals surface area contributed by atoms with Gasteiger partial charge in [-0.05, 0) is 103 Å². The lowest BCUT2D eigenvalue weighted by atomic mass is 10.0. The Labute approximate surface area is 313 Å². The van der Waals surface area contributed by atoms with Crippen molar-refractivity contribution in [3.63, 3.8) is 0 Å². The van der Waals surface area contributed by atoms with Gasteiger partial charge in [0, 0.05) is 50.9 Å². The number of hydrogen-bond acceptors (Lipinski definition) is 9. The van der Waals surface area contributed by atoms with Crippen molar-refractivity contribution in [2.45, 2.75) is 90.9 Å². The van der Waals surface area contributed by atoms with Crippen molar-refractivity contribution < 1.29 is 36.4 Å². The SMILES string of the molecule is CCN(CC)C[C@H](C)N1C[C@@H](C)[C@H](CN(C)S(=O)(=O)c2ccc(F)cc2)OCCCC[C@H](C)Oc2ccc(NC(=O)Nc3c(C)noc3C)cc2C1=O. The van der Waals surface area contributed by atoms with Gasteiger partial charge in [-0.3, -0.25) is 4.79 Å². The van der Waals surface area contributed by atoms with Crippen LogP contribution in [0.4, 0.5) is 20.6 Å². The van der Waals surface area contributed by atoms with Crippen molar-refractivity contribution in [2.24, 2.45) is 5.92 Å². The molecule has 1 aliphatic rings. The molecular weight excluding hydrogens is 704 g/mol. The molecule has 2 N–H and O–H groups in total. The van der Waals surface area contributed by atoms with E-state index in [1.54, 1.807) is 36.9 Å². The van der Waals surface area contributed by atoms with E-state index in [-0.39, 0.29) is 47.5 Å². The summed E-state index contributed by atoms with van der Waals surface area (Å²) >= 11 is 0. The molecule has 0 fully saturated rings. The molecular formula is C38H55FN6O7S. The number of ether oxygens (including phenoxy) is 2. The number of nitrogens with one attached hydrogen (secondary N) is 2. The van der Waals surface area contributed by atoms with E-state index in [0.717, 1.165) is 38.1 Å². The molecule has 0 unspecified atom stereocenters. The van der Waals surface area contributed by atoms with Crippen molar-refractivity contribution in [3.8, 4) is 5.75 Å². The summed E-state index contributed by atoms with van der Waals surface area (Å²) in [6.07, 6.45) is 1.40. The summed E-state index contributed by atoms with van der Waals surface area (Å²) in [5.41, 5.74) is 1.67. The minimum atomic E-state index is -3.95. The van der Waals surface area contributed by atoms with E-state index >= 15 is 0 Å². The van der Waals surface area contributed by atoms with Gasteiger partial charge in [0.25, 0.3) is 5.91 Å². The fraction of sp³-hybridized carbons (Fsp3) is 0.553. The number of sulfonamides is 1. The van der Waals surface area contributed by atoms with Crippen LogP contribution in [0.5, 0.6) is 5.75 Å². The number of hydrogen-bond donors (Lipinski definition) is 2. The number of nitrogens with zero attached hydrogens (tertiary/aromatic N) is 4. The van der Waals surface area contributed by atoms with E-state index in [9.17, 15) is 22.4 Å². The second-order valence-electron chi connectivity index (χ2n) is 13.8. The standard InChI is InChI=1S/C38H55FN6O7S/c1-9-44(10-2)23-26(4)45-22-25(3)35(24-43(8)53(48,49)32-17-14-30(39)15-18-32)50-20-12-11-13-27(5)51-34-19-16-31(21-33(34)37(45)46)40-38(47)41-36-28(6)42-52-29(36)7/h14-19,21,25-27,35H,9-13,20,22-24H2,1-8H3,(H2,40,41,47)/t25-,26+,27+,35+/m1/s1. The number of carbonyl (C=O) groups is 2. The van der Waals surface area contributed by atoms with E-state index in [0.29, 0.717) is 48.2 Å². The Balaban J connectivity index is 1.69. The van der Waals surface area contributed by atoms with Crippen molar-refractivity contribution in [3.05, 3.63) is 65.3 Å². The number of aromatic nitrogens is 1. The molecule has 4 rings (SSSR count). The van der Waals surface area contributed by atoms with Gasteiger partial charge in [0.2, 0.25) is 10.0 Å². The highest BCUT2D eigenvalue weighted by Crippen LogP contribution is 2.29. The van der Waals surface area contributed by atoms with Crippen LogP contribution in [-0.2, 0) is 14.8 Å². The monoisotopic (exact) mass is 758 g/mol. The van der Waals surface area contributed by atoms with Gasteiger partial charge < -0.3 is 34.4 Å². The molecule has 0 radical (unpaired) electrons. The predicted octanol–water partition coefficient (Wildman–Crippen LogP) is 6.54. The summed E-state index contributed by atoms with van der Waals surface area (Å²) in [6.45, 7) is 16.3. The molecule has 0 saturated carbocycles. The maximum absolute atomic E-state index is 14.8. The number of rotatable bonds is 11. The van der Waals surface area contributed by atoms with Crippen molar-refractivity contribution >= 4 is 33.3 Å². The quantitative estimate of drug-likeness (QED) is 0.223. The third-order valence-corrected chi connectivity index (χ3v) is 11.5. The maximum Gasteiger partial charge on any atom is 0.323 e. The van der Waals surface area contributed by atoms with Crippen LogP contribution in [-0.4, -0.2) is 104 Å². The van der Waals surface area contributed by atoms with Gasteiger partial charge in [0.05, 0.1) is 22.7 Å². The summed E-state index contributed by atoms with van der Waals surface area (Å²) in [4.78, 5) is 31.9. The Kier molecular flexibility index (Phi) is 14.8. The van der Waals surface area contributed by atoms with E-state index in [4.69, 9.17) is 14.0 Å². The van der Waals surface area contributed by atoms with Gasteiger partial charge in [-0.2, -0.15) is 4.31 Å². The number of benzene rings is 2. The van der Waals surface area contributed by atoms with Gasteiger partial charge in [0.15, 0.2) is 5.76 Å². The fourth-order valence-corrected chi connectivity index (χ4v) is 7.58. The zero-order valence-electron chi connectivity index (χ0n) is 32.1. The van der Waals surface area contributed by atoms with Crippen LogP contribution in [0.3, 0.4) is 0 Å². The molecule has 0 saturated heterocycles. The molecule has 15 heteroatoms. The average Bonchev–Trinajstić information content (AvgIpc) is 3.44. The van der Waals surface area contributed by atoms with Crippen LogP contribution in [0.15, 0.2) is 51.9 Å². The van der Waals surface area contributed by atoms with Crippen LogP contribution >= 0.6 is 0 Å².